The van der Waals surface area contributed by atoms with Gasteiger partial charge in [-0.15, -0.1) is 0 Å². The van der Waals surface area contributed by atoms with Crippen molar-refractivity contribution in [3.8, 4) is 11.5 Å². The molecule has 0 unspecified atom stereocenters. The van der Waals surface area contributed by atoms with Crippen LogP contribution in [0.4, 0.5) is 8.78 Å². The number of ether oxygens (including phenoxy) is 3. The van der Waals surface area contributed by atoms with Gasteiger partial charge in [0.25, 0.3) is 0 Å². The fourth-order valence-corrected chi connectivity index (χ4v) is 4.16. The number of carbonyl (C=O) groups is 2. The van der Waals surface area contributed by atoms with E-state index in [0.29, 0.717) is 45.0 Å². The van der Waals surface area contributed by atoms with Crippen molar-refractivity contribution in [1.29, 1.82) is 0 Å². The third kappa shape index (κ3) is 9.23. The van der Waals surface area contributed by atoms with Crippen LogP contribution in [-0.2, 0) is 20.9 Å². The lowest BCUT2D eigenvalue weighted by molar-refractivity contribution is -0.138. The highest BCUT2D eigenvalue weighted by atomic mass is 19.2. The summed E-state index contributed by atoms with van der Waals surface area (Å²) in [5.41, 5.74) is -0.488. The van der Waals surface area contributed by atoms with Gasteiger partial charge in [0.1, 0.15) is 30.3 Å². The van der Waals surface area contributed by atoms with Crippen molar-refractivity contribution in [2.75, 3.05) is 59.7 Å². The molecule has 0 saturated carbocycles. The van der Waals surface area contributed by atoms with Crippen LogP contribution in [0.15, 0.2) is 42.5 Å². The molecule has 1 aliphatic heterocycles. The fourth-order valence-electron chi connectivity index (χ4n) is 4.16. The van der Waals surface area contributed by atoms with Crippen LogP contribution in [0.2, 0.25) is 0 Å². The van der Waals surface area contributed by atoms with Crippen molar-refractivity contribution in [2.45, 2.75) is 25.5 Å². The molecular formula is C27H35F2N3O6. The standard InChI is InChI=1S/C27H35F2N3O6/c1-20(33)30-10-3-13-37-22-6-4-21(5-7-22)15-31-11-12-32(26(34)16-36-2)18-27(35,17-31)19-38-23-8-9-24(28)25(29)14-23/h4-9,14,35H,3,10-13,15-19H2,1-2H3,(H,30,33)/t27-/m1/s1. The van der Waals surface area contributed by atoms with Crippen LogP contribution in [0, 0.1) is 11.6 Å². The topological polar surface area (TPSA) is 101 Å². The molecule has 0 aromatic heterocycles. The van der Waals surface area contributed by atoms with E-state index in [1.165, 1.54) is 25.0 Å². The maximum atomic E-state index is 13.6. The zero-order valence-corrected chi connectivity index (χ0v) is 21.8. The van der Waals surface area contributed by atoms with Crippen molar-refractivity contribution in [1.82, 2.24) is 15.1 Å². The second-order valence-electron chi connectivity index (χ2n) is 9.38. The third-order valence-corrected chi connectivity index (χ3v) is 6.00. The Hall–Kier alpha value is -3.28. The summed E-state index contributed by atoms with van der Waals surface area (Å²) in [5.74, 6) is -1.59. The summed E-state index contributed by atoms with van der Waals surface area (Å²) in [6, 6.07) is 10.7. The van der Waals surface area contributed by atoms with Crippen LogP contribution in [0.25, 0.3) is 0 Å². The molecule has 2 aromatic rings. The monoisotopic (exact) mass is 535 g/mol. The molecule has 0 spiro atoms. The molecule has 1 fully saturated rings. The van der Waals surface area contributed by atoms with Gasteiger partial charge in [-0.1, -0.05) is 12.1 Å². The van der Waals surface area contributed by atoms with E-state index >= 15 is 0 Å². The maximum Gasteiger partial charge on any atom is 0.248 e. The van der Waals surface area contributed by atoms with E-state index < -0.39 is 17.2 Å². The highest BCUT2D eigenvalue weighted by molar-refractivity contribution is 5.77. The molecule has 1 atom stereocenters. The summed E-state index contributed by atoms with van der Waals surface area (Å²) in [5, 5.41) is 14.2. The average molecular weight is 536 g/mol. The minimum absolute atomic E-state index is 0.000628. The van der Waals surface area contributed by atoms with E-state index in [9.17, 15) is 23.5 Å². The van der Waals surface area contributed by atoms with Crippen LogP contribution >= 0.6 is 0 Å². The van der Waals surface area contributed by atoms with Crippen molar-refractivity contribution in [3.05, 3.63) is 59.7 Å². The van der Waals surface area contributed by atoms with Crippen LogP contribution in [0.1, 0.15) is 18.9 Å². The van der Waals surface area contributed by atoms with Gasteiger partial charge in [-0.3, -0.25) is 14.5 Å². The number of β-amino-alcohol motifs (C(OH)–C–C–N with tert-alkyl or cyclic N) is 1. The van der Waals surface area contributed by atoms with Gasteiger partial charge in [0.05, 0.1) is 13.2 Å². The summed E-state index contributed by atoms with van der Waals surface area (Å²) >= 11 is 0. The van der Waals surface area contributed by atoms with Crippen molar-refractivity contribution in [2.24, 2.45) is 0 Å². The Labute approximate surface area is 221 Å². The number of halogens is 2. The van der Waals surface area contributed by atoms with Crippen molar-refractivity contribution < 1.29 is 37.7 Å². The third-order valence-electron chi connectivity index (χ3n) is 6.00. The number of nitrogens with one attached hydrogen (secondary N) is 1. The number of amides is 2. The zero-order valence-electron chi connectivity index (χ0n) is 21.8. The van der Waals surface area contributed by atoms with Gasteiger partial charge in [-0.05, 0) is 36.2 Å². The number of hydrogen-bond donors (Lipinski definition) is 2. The molecule has 1 saturated heterocycles. The molecule has 0 radical (unpaired) electrons. The average Bonchev–Trinajstić information content (AvgIpc) is 3.04. The number of aliphatic hydroxyl groups is 1. The van der Waals surface area contributed by atoms with Crippen LogP contribution in [0.3, 0.4) is 0 Å². The van der Waals surface area contributed by atoms with Crippen molar-refractivity contribution in [3.63, 3.8) is 0 Å². The Kier molecular flexibility index (Phi) is 10.8. The summed E-state index contributed by atoms with van der Waals surface area (Å²) < 4.78 is 43.2. The number of benzene rings is 2. The van der Waals surface area contributed by atoms with Gasteiger partial charge in [0.2, 0.25) is 11.8 Å². The Balaban J connectivity index is 1.63. The van der Waals surface area contributed by atoms with E-state index in [1.54, 1.807) is 0 Å². The molecule has 3 rings (SSSR count). The molecule has 2 N–H and O–H groups in total. The highest BCUT2D eigenvalue weighted by Gasteiger charge is 2.37. The summed E-state index contributed by atoms with van der Waals surface area (Å²) in [4.78, 5) is 27.0. The van der Waals surface area contributed by atoms with Gasteiger partial charge < -0.3 is 29.5 Å². The molecule has 2 aromatic carbocycles. The molecule has 1 heterocycles. The lowest BCUT2D eigenvalue weighted by Crippen LogP contribution is -2.52. The molecule has 9 nitrogen and oxygen atoms in total. The number of nitrogens with zero attached hydrogens (tertiary/aromatic N) is 2. The summed E-state index contributed by atoms with van der Waals surface area (Å²) in [6.45, 7) is 3.73. The molecule has 38 heavy (non-hydrogen) atoms. The van der Waals surface area contributed by atoms with Crippen LogP contribution in [-0.4, -0.2) is 92.0 Å². The second kappa shape index (κ2) is 14.0. The first kappa shape index (κ1) is 29.3. The van der Waals surface area contributed by atoms with Crippen LogP contribution in [0.5, 0.6) is 11.5 Å². The first-order valence-corrected chi connectivity index (χ1v) is 12.4. The quantitative estimate of drug-likeness (QED) is 0.401. The number of carbonyl (C=O) groups excluding carboxylic acids is 2. The maximum absolute atomic E-state index is 13.6. The molecule has 0 aliphatic carbocycles. The largest absolute Gasteiger partial charge is 0.494 e. The number of methoxy groups -OCH3 is 1. The molecule has 0 bridgehead atoms. The van der Waals surface area contributed by atoms with E-state index in [4.69, 9.17) is 14.2 Å². The Morgan fingerprint density at radius 3 is 2.45 bits per heavy atom. The van der Waals surface area contributed by atoms with Gasteiger partial charge in [-0.2, -0.15) is 0 Å². The lowest BCUT2D eigenvalue weighted by Gasteiger charge is -2.33. The summed E-state index contributed by atoms with van der Waals surface area (Å²) in [6.07, 6.45) is 0.693. The number of hydrogen-bond acceptors (Lipinski definition) is 7. The summed E-state index contributed by atoms with van der Waals surface area (Å²) in [7, 11) is 1.43. The molecular weight excluding hydrogens is 500 g/mol. The fraction of sp³-hybridized carbons (Fsp3) is 0.481. The minimum atomic E-state index is -1.47. The Bertz CT molecular complexity index is 1070. The smallest absolute Gasteiger partial charge is 0.248 e. The van der Waals surface area contributed by atoms with Gasteiger partial charge in [-0.25, -0.2) is 8.78 Å². The molecule has 2 amide bonds. The number of rotatable bonds is 12. The molecule has 11 heteroatoms. The zero-order chi connectivity index (χ0) is 27.5. The Morgan fingerprint density at radius 2 is 1.76 bits per heavy atom. The minimum Gasteiger partial charge on any atom is -0.494 e. The van der Waals surface area contributed by atoms with Gasteiger partial charge in [0, 0.05) is 52.8 Å². The normalized spacial score (nSPS) is 18.1. The lowest BCUT2D eigenvalue weighted by atomic mass is 10.0. The molecule has 208 valence electrons. The van der Waals surface area contributed by atoms with Crippen LogP contribution < -0.4 is 14.8 Å². The van der Waals surface area contributed by atoms with E-state index in [1.807, 2.05) is 29.2 Å². The first-order valence-electron chi connectivity index (χ1n) is 12.4. The first-order chi connectivity index (χ1) is 18.2. The second-order valence-corrected chi connectivity index (χ2v) is 9.38. The van der Waals surface area contributed by atoms with E-state index in [2.05, 4.69) is 5.32 Å². The van der Waals surface area contributed by atoms with Gasteiger partial charge >= 0.3 is 0 Å². The SMILES string of the molecule is COCC(=O)N1CCN(Cc2ccc(OCCCNC(C)=O)cc2)C[C@](O)(COc2ccc(F)c(F)c2)C1. The predicted octanol–water partition coefficient (Wildman–Crippen LogP) is 1.97. The van der Waals surface area contributed by atoms with Crippen molar-refractivity contribution >= 4 is 11.8 Å². The predicted molar refractivity (Wildman–Crippen MR) is 136 cm³/mol. The Morgan fingerprint density at radius 1 is 1.03 bits per heavy atom. The van der Waals surface area contributed by atoms with Gasteiger partial charge in [0.15, 0.2) is 11.6 Å². The highest BCUT2D eigenvalue weighted by Crippen LogP contribution is 2.22. The molecule has 1 aliphatic rings. The van der Waals surface area contributed by atoms with E-state index in [0.717, 1.165) is 17.7 Å². The van der Waals surface area contributed by atoms with E-state index in [-0.39, 0.29) is 43.9 Å².